The summed E-state index contributed by atoms with van der Waals surface area (Å²) in [6.45, 7) is 4.41. The van der Waals surface area contributed by atoms with Gasteiger partial charge in [-0.25, -0.2) is 13.4 Å². The molecule has 0 unspecified atom stereocenters. The molecular formula is C19H25N3O3S. The van der Waals surface area contributed by atoms with E-state index in [4.69, 9.17) is 4.74 Å². The average Bonchev–Trinajstić information content (AvgIpc) is 3.19. The third-order valence-electron chi connectivity index (χ3n) is 4.53. The van der Waals surface area contributed by atoms with Crippen LogP contribution in [0, 0.1) is 6.92 Å². The zero-order valence-electron chi connectivity index (χ0n) is 15.3. The van der Waals surface area contributed by atoms with E-state index in [0.29, 0.717) is 26.2 Å². The summed E-state index contributed by atoms with van der Waals surface area (Å²) in [5, 5.41) is 0. The number of hydrogen-bond donors (Lipinski definition) is 0. The number of ether oxygens (including phenoxy) is 1. The maximum Gasteiger partial charge on any atom is 0.244 e. The topological polar surface area (TPSA) is 62.7 Å². The van der Waals surface area contributed by atoms with Crippen LogP contribution in [-0.2, 0) is 10.0 Å². The number of sulfonamides is 1. The highest BCUT2D eigenvalue weighted by atomic mass is 32.2. The normalized spacial score (nSPS) is 15.2. The molecule has 1 aliphatic heterocycles. The Morgan fingerprint density at radius 3 is 2.42 bits per heavy atom. The third-order valence-corrected chi connectivity index (χ3v) is 6.41. The molecule has 6 nitrogen and oxygen atoms in total. The van der Waals surface area contributed by atoms with Gasteiger partial charge in [0.15, 0.2) is 0 Å². The zero-order valence-corrected chi connectivity index (χ0v) is 16.1. The Labute approximate surface area is 155 Å². The number of aromatic nitrogens is 1. The Morgan fingerprint density at radius 1 is 1.12 bits per heavy atom. The van der Waals surface area contributed by atoms with Crippen LogP contribution in [0.5, 0.6) is 5.75 Å². The number of hydrogen-bond acceptors (Lipinski definition) is 5. The van der Waals surface area contributed by atoms with E-state index in [0.717, 1.165) is 24.4 Å². The van der Waals surface area contributed by atoms with Crippen molar-refractivity contribution in [2.75, 3.05) is 38.2 Å². The monoisotopic (exact) mass is 375 g/mol. The minimum atomic E-state index is -3.41. The zero-order chi connectivity index (χ0) is 18.6. The molecule has 0 amide bonds. The quantitative estimate of drug-likeness (QED) is 0.745. The highest BCUT2D eigenvalue weighted by molar-refractivity contribution is 7.89. The van der Waals surface area contributed by atoms with Crippen LogP contribution in [0.25, 0.3) is 0 Å². The second-order valence-electron chi connectivity index (χ2n) is 6.55. The van der Waals surface area contributed by atoms with Crippen LogP contribution in [-0.4, -0.2) is 51.0 Å². The Hall–Kier alpha value is -2.12. The van der Waals surface area contributed by atoms with E-state index in [1.54, 1.807) is 12.1 Å². The van der Waals surface area contributed by atoms with Crippen LogP contribution in [0.4, 0.5) is 5.82 Å². The van der Waals surface area contributed by atoms with E-state index in [2.05, 4.69) is 4.98 Å². The van der Waals surface area contributed by atoms with Gasteiger partial charge in [-0.05, 0) is 44.0 Å². The standard InChI is InChI=1S/C19H25N3O3S/c1-16-5-7-17(8-6-16)25-14-13-21(2)19-10-9-18(15-20-19)26(23,24)22-11-3-4-12-22/h5-10,15H,3-4,11-14H2,1-2H3. The third kappa shape index (κ3) is 4.34. The van der Waals surface area contributed by atoms with E-state index >= 15 is 0 Å². The second-order valence-corrected chi connectivity index (χ2v) is 8.48. The molecule has 1 aromatic heterocycles. The highest BCUT2D eigenvalue weighted by Gasteiger charge is 2.27. The number of nitrogens with zero attached hydrogens (tertiary/aromatic N) is 3. The van der Waals surface area contributed by atoms with E-state index in [9.17, 15) is 8.42 Å². The van der Waals surface area contributed by atoms with Gasteiger partial charge in [0.05, 0.1) is 6.54 Å². The van der Waals surface area contributed by atoms with Gasteiger partial charge in [0, 0.05) is 26.3 Å². The van der Waals surface area contributed by atoms with Crippen LogP contribution < -0.4 is 9.64 Å². The first-order valence-electron chi connectivity index (χ1n) is 8.83. The fourth-order valence-corrected chi connectivity index (χ4v) is 4.34. The average molecular weight is 375 g/mol. The molecule has 1 fully saturated rings. The molecule has 0 radical (unpaired) electrons. The van der Waals surface area contributed by atoms with E-state index in [-0.39, 0.29) is 4.90 Å². The first-order valence-corrected chi connectivity index (χ1v) is 10.3. The summed E-state index contributed by atoms with van der Waals surface area (Å²) in [5.74, 6) is 1.56. The molecule has 0 spiro atoms. The Morgan fingerprint density at radius 2 is 1.81 bits per heavy atom. The maximum atomic E-state index is 12.5. The summed E-state index contributed by atoms with van der Waals surface area (Å²) in [5.41, 5.74) is 1.20. The predicted octanol–water partition coefficient (Wildman–Crippen LogP) is 2.69. The minimum absolute atomic E-state index is 0.257. The van der Waals surface area contributed by atoms with Crippen LogP contribution in [0.1, 0.15) is 18.4 Å². The largest absolute Gasteiger partial charge is 0.492 e. The van der Waals surface area contributed by atoms with Gasteiger partial charge < -0.3 is 9.64 Å². The number of aryl methyl sites for hydroxylation is 1. The van der Waals surface area contributed by atoms with E-state index < -0.39 is 10.0 Å². The molecular weight excluding hydrogens is 350 g/mol. The maximum absolute atomic E-state index is 12.5. The van der Waals surface area contributed by atoms with E-state index in [1.165, 1.54) is 16.1 Å². The fourth-order valence-electron chi connectivity index (χ4n) is 2.88. The van der Waals surface area contributed by atoms with Gasteiger partial charge in [-0.1, -0.05) is 17.7 Å². The lowest BCUT2D eigenvalue weighted by Gasteiger charge is -2.19. The van der Waals surface area contributed by atoms with Gasteiger partial charge in [0.25, 0.3) is 0 Å². The van der Waals surface area contributed by atoms with Crippen LogP contribution >= 0.6 is 0 Å². The molecule has 2 heterocycles. The van der Waals surface area contributed by atoms with Gasteiger partial charge in [-0.15, -0.1) is 0 Å². The first kappa shape index (κ1) is 18.7. The van der Waals surface area contributed by atoms with Gasteiger partial charge >= 0.3 is 0 Å². The molecule has 26 heavy (non-hydrogen) atoms. The van der Waals surface area contributed by atoms with Crippen molar-refractivity contribution in [3.05, 3.63) is 48.2 Å². The molecule has 3 rings (SSSR count). The number of likely N-dealkylation sites (N-methyl/N-ethyl adjacent to an activating group) is 1. The Kier molecular flexibility index (Phi) is 5.78. The van der Waals surface area contributed by atoms with Crippen molar-refractivity contribution in [1.82, 2.24) is 9.29 Å². The molecule has 0 N–H and O–H groups in total. The molecule has 140 valence electrons. The molecule has 2 aromatic rings. The van der Waals surface area contributed by atoms with Crippen LogP contribution in [0.2, 0.25) is 0 Å². The van der Waals surface area contributed by atoms with Crippen molar-refractivity contribution < 1.29 is 13.2 Å². The van der Waals surface area contributed by atoms with Crippen molar-refractivity contribution >= 4 is 15.8 Å². The number of rotatable bonds is 7. The van der Waals surface area contributed by atoms with Gasteiger partial charge in [0.1, 0.15) is 23.1 Å². The summed E-state index contributed by atoms with van der Waals surface area (Å²) < 4.78 is 32.3. The fraction of sp³-hybridized carbons (Fsp3) is 0.421. The van der Waals surface area contributed by atoms with Gasteiger partial charge in [0.2, 0.25) is 10.0 Å². The summed E-state index contributed by atoms with van der Waals surface area (Å²) in [6.07, 6.45) is 3.29. The molecule has 0 atom stereocenters. The Bertz CT molecular complexity index is 814. The van der Waals surface area contributed by atoms with Crippen molar-refractivity contribution in [1.29, 1.82) is 0 Å². The van der Waals surface area contributed by atoms with E-state index in [1.807, 2.05) is 43.1 Å². The molecule has 0 bridgehead atoms. The van der Waals surface area contributed by atoms with Crippen molar-refractivity contribution in [3.63, 3.8) is 0 Å². The summed E-state index contributed by atoms with van der Waals surface area (Å²) in [6, 6.07) is 11.3. The summed E-state index contributed by atoms with van der Waals surface area (Å²) >= 11 is 0. The van der Waals surface area contributed by atoms with Crippen LogP contribution in [0.3, 0.4) is 0 Å². The lowest BCUT2D eigenvalue weighted by atomic mass is 10.2. The lowest BCUT2D eigenvalue weighted by molar-refractivity contribution is 0.325. The van der Waals surface area contributed by atoms with Gasteiger partial charge in [-0.3, -0.25) is 0 Å². The minimum Gasteiger partial charge on any atom is -0.492 e. The Balaban J connectivity index is 1.56. The predicted molar refractivity (Wildman–Crippen MR) is 102 cm³/mol. The molecule has 0 aliphatic carbocycles. The van der Waals surface area contributed by atoms with Crippen LogP contribution in [0.15, 0.2) is 47.5 Å². The first-order chi connectivity index (χ1) is 12.5. The SMILES string of the molecule is Cc1ccc(OCCN(C)c2ccc(S(=O)(=O)N3CCCC3)cn2)cc1. The number of anilines is 1. The second kappa shape index (κ2) is 8.05. The summed E-state index contributed by atoms with van der Waals surface area (Å²) in [4.78, 5) is 6.52. The highest BCUT2D eigenvalue weighted by Crippen LogP contribution is 2.21. The van der Waals surface area contributed by atoms with Crippen molar-refractivity contribution in [2.45, 2.75) is 24.7 Å². The molecule has 1 aliphatic rings. The van der Waals surface area contributed by atoms with Crippen molar-refractivity contribution in [3.8, 4) is 5.75 Å². The lowest BCUT2D eigenvalue weighted by Crippen LogP contribution is -2.28. The van der Waals surface area contributed by atoms with Gasteiger partial charge in [-0.2, -0.15) is 4.31 Å². The smallest absolute Gasteiger partial charge is 0.244 e. The molecule has 1 saturated heterocycles. The van der Waals surface area contributed by atoms with Crippen molar-refractivity contribution in [2.24, 2.45) is 0 Å². The number of benzene rings is 1. The molecule has 1 aromatic carbocycles. The number of pyridine rings is 1. The molecule has 7 heteroatoms. The molecule has 0 saturated carbocycles. The summed E-state index contributed by atoms with van der Waals surface area (Å²) in [7, 11) is -1.50.